The van der Waals surface area contributed by atoms with E-state index in [1.807, 2.05) is 18.2 Å². The van der Waals surface area contributed by atoms with Gasteiger partial charge in [0.1, 0.15) is 11.5 Å². The molecule has 1 heterocycles. The van der Waals surface area contributed by atoms with Crippen molar-refractivity contribution in [1.82, 2.24) is 5.32 Å². The van der Waals surface area contributed by atoms with Gasteiger partial charge in [0.05, 0.1) is 13.7 Å². The van der Waals surface area contributed by atoms with Gasteiger partial charge in [-0.15, -0.1) is 0 Å². The second-order valence-corrected chi connectivity index (χ2v) is 7.97. The summed E-state index contributed by atoms with van der Waals surface area (Å²) in [5.74, 6) is 3.28. The lowest BCUT2D eigenvalue weighted by molar-refractivity contribution is -0.116. The highest BCUT2D eigenvalue weighted by Crippen LogP contribution is 2.49. The summed E-state index contributed by atoms with van der Waals surface area (Å²) in [6.45, 7) is 2.77. The highest BCUT2D eigenvalue weighted by atomic mass is 16.5. The van der Waals surface area contributed by atoms with E-state index in [1.54, 1.807) is 7.11 Å². The number of anilines is 1. The molecule has 154 valence electrons. The third-order valence-electron chi connectivity index (χ3n) is 5.86. The zero-order chi connectivity index (χ0) is 20.1. The van der Waals surface area contributed by atoms with Crippen LogP contribution in [0.3, 0.4) is 0 Å². The minimum Gasteiger partial charge on any atom is -0.496 e. The summed E-state index contributed by atoms with van der Waals surface area (Å²) in [6, 6.07) is 14.4. The smallest absolute Gasteiger partial charge is 0.224 e. The van der Waals surface area contributed by atoms with Gasteiger partial charge >= 0.3 is 0 Å². The minimum atomic E-state index is 0.0873. The lowest BCUT2D eigenvalue weighted by Crippen LogP contribution is -2.19. The average molecular weight is 395 g/mol. The Bertz CT molecular complexity index is 852. The van der Waals surface area contributed by atoms with E-state index in [0.717, 1.165) is 49.5 Å². The Morgan fingerprint density at radius 3 is 2.93 bits per heavy atom. The van der Waals surface area contributed by atoms with Crippen molar-refractivity contribution in [3.63, 3.8) is 0 Å². The first-order valence-corrected chi connectivity index (χ1v) is 10.6. The van der Waals surface area contributed by atoms with E-state index in [-0.39, 0.29) is 5.91 Å². The molecule has 0 unspecified atom stereocenters. The number of benzene rings is 2. The zero-order valence-electron chi connectivity index (χ0n) is 17.1. The van der Waals surface area contributed by atoms with Crippen LogP contribution < -0.4 is 20.1 Å². The Balaban J connectivity index is 1.10. The summed E-state index contributed by atoms with van der Waals surface area (Å²) >= 11 is 0. The van der Waals surface area contributed by atoms with Gasteiger partial charge in [-0.1, -0.05) is 24.3 Å². The fourth-order valence-electron chi connectivity index (χ4n) is 4.10. The number of hydrogen-bond acceptors (Lipinski definition) is 4. The summed E-state index contributed by atoms with van der Waals surface area (Å²) < 4.78 is 11.3. The van der Waals surface area contributed by atoms with Crippen molar-refractivity contribution in [3.8, 4) is 11.5 Å². The van der Waals surface area contributed by atoms with E-state index in [9.17, 15) is 4.79 Å². The normalized spacial score (nSPS) is 20.0. The van der Waals surface area contributed by atoms with Crippen LogP contribution in [0, 0.1) is 5.92 Å². The second-order valence-electron chi connectivity index (χ2n) is 7.97. The molecule has 29 heavy (non-hydrogen) atoms. The molecular weight excluding hydrogens is 364 g/mol. The van der Waals surface area contributed by atoms with Gasteiger partial charge in [-0.05, 0) is 73.9 Å². The molecular formula is C24H30N2O3. The number of rotatable bonds is 10. The standard InChI is InChI=1S/C24H30N2O3/c1-28-23-7-3-2-6-20(23)21-14-18(21)16-25-12-4-5-13-29-19-10-8-17-9-11-24(27)26-22(17)15-19/h2-3,6-8,10,15,18,21,25H,4-5,9,11-14,16H2,1H3,(H,26,27)/t18-,21+/m0/s1. The van der Waals surface area contributed by atoms with Gasteiger partial charge in [-0.2, -0.15) is 0 Å². The minimum absolute atomic E-state index is 0.0873. The zero-order valence-corrected chi connectivity index (χ0v) is 17.1. The van der Waals surface area contributed by atoms with E-state index in [1.165, 1.54) is 17.5 Å². The first-order valence-electron chi connectivity index (χ1n) is 10.6. The molecule has 4 rings (SSSR count). The Labute approximate surface area is 172 Å². The van der Waals surface area contributed by atoms with Crippen molar-refractivity contribution in [2.24, 2.45) is 5.92 Å². The lowest BCUT2D eigenvalue weighted by atomic mass is 10.0. The number of methoxy groups -OCH3 is 1. The molecule has 0 saturated heterocycles. The summed E-state index contributed by atoms with van der Waals surface area (Å²) in [5, 5.41) is 6.51. The van der Waals surface area contributed by atoms with Crippen LogP contribution in [0.15, 0.2) is 42.5 Å². The number of carbonyl (C=O) groups is 1. The molecule has 2 aromatic carbocycles. The second kappa shape index (κ2) is 9.31. The maximum absolute atomic E-state index is 11.5. The number of para-hydroxylation sites is 1. The van der Waals surface area contributed by atoms with Crippen LogP contribution in [0.2, 0.25) is 0 Å². The van der Waals surface area contributed by atoms with Crippen LogP contribution in [0.5, 0.6) is 11.5 Å². The van der Waals surface area contributed by atoms with Gasteiger partial charge in [0.2, 0.25) is 5.91 Å². The molecule has 1 aliphatic carbocycles. The number of aryl methyl sites for hydroxylation is 1. The Morgan fingerprint density at radius 1 is 1.14 bits per heavy atom. The summed E-state index contributed by atoms with van der Waals surface area (Å²) in [4.78, 5) is 11.5. The van der Waals surface area contributed by atoms with Crippen molar-refractivity contribution in [3.05, 3.63) is 53.6 Å². The summed E-state index contributed by atoms with van der Waals surface area (Å²) in [5.41, 5.74) is 3.43. The van der Waals surface area contributed by atoms with E-state index in [2.05, 4.69) is 34.9 Å². The van der Waals surface area contributed by atoms with Crippen LogP contribution in [0.1, 0.15) is 42.7 Å². The molecule has 5 nitrogen and oxygen atoms in total. The number of amides is 1. The van der Waals surface area contributed by atoms with Crippen molar-refractivity contribution in [2.45, 2.75) is 38.0 Å². The molecule has 0 radical (unpaired) electrons. The molecule has 2 aromatic rings. The number of fused-ring (bicyclic) bond motifs is 1. The highest BCUT2D eigenvalue weighted by Gasteiger charge is 2.39. The third-order valence-corrected chi connectivity index (χ3v) is 5.86. The van der Waals surface area contributed by atoms with Crippen molar-refractivity contribution in [2.75, 3.05) is 32.1 Å². The van der Waals surface area contributed by atoms with Gasteiger partial charge in [0.25, 0.3) is 0 Å². The number of nitrogens with one attached hydrogen (secondary N) is 2. The summed E-state index contributed by atoms with van der Waals surface area (Å²) in [6.07, 6.45) is 4.73. The van der Waals surface area contributed by atoms with Crippen LogP contribution in [0.4, 0.5) is 5.69 Å². The molecule has 2 aliphatic rings. The fourth-order valence-corrected chi connectivity index (χ4v) is 4.10. The Kier molecular flexibility index (Phi) is 6.35. The van der Waals surface area contributed by atoms with E-state index in [4.69, 9.17) is 9.47 Å². The molecule has 0 spiro atoms. The Hall–Kier alpha value is -2.53. The summed E-state index contributed by atoms with van der Waals surface area (Å²) in [7, 11) is 1.75. The average Bonchev–Trinajstić information content (AvgIpc) is 3.52. The number of hydrogen-bond donors (Lipinski definition) is 2. The van der Waals surface area contributed by atoms with Crippen LogP contribution in [-0.2, 0) is 11.2 Å². The molecule has 1 amide bonds. The highest BCUT2D eigenvalue weighted by molar-refractivity contribution is 5.94. The molecule has 1 saturated carbocycles. The molecule has 1 fully saturated rings. The van der Waals surface area contributed by atoms with Crippen molar-refractivity contribution >= 4 is 11.6 Å². The van der Waals surface area contributed by atoms with Crippen molar-refractivity contribution in [1.29, 1.82) is 0 Å². The Morgan fingerprint density at radius 2 is 2.03 bits per heavy atom. The van der Waals surface area contributed by atoms with E-state index < -0.39 is 0 Å². The fraction of sp³-hybridized carbons (Fsp3) is 0.458. The molecule has 2 N–H and O–H groups in total. The number of carbonyl (C=O) groups excluding carboxylic acids is 1. The molecule has 0 bridgehead atoms. The largest absolute Gasteiger partial charge is 0.496 e. The van der Waals surface area contributed by atoms with Gasteiger partial charge in [0, 0.05) is 18.2 Å². The van der Waals surface area contributed by atoms with Gasteiger partial charge in [-0.25, -0.2) is 0 Å². The van der Waals surface area contributed by atoms with Crippen LogP contribution in [0.25, 0.3) is 0 Å². The van der Waals surface area contributed by atoms with Crippen molar-refractivity contribution < 1.29 is 14.3 Å². The number of ether oxygens (including phenoxy) is 2. The third kappa shape index (κ3) is 5.10. The quantitative estimate of drug-likeness (QED) is 0.595. The predicted octanol–water partition coefficient (Wildman–Crippen LogP) is 4.13. The predicted molar refractivity (Wildman–Crippen MR) is 115 cm³/mol. The number of unbranched alkanes of at least 4 members (excludes halogenated alkanes) is 1. The first kappa shape index (κ1) is 19.8. The molecule has 5 heteroatoms. The van der Waals surface area contributed by atoms with Crippen LogP contribution in [-0.4, -0.2) is 32.7 Å². The molecule has 2 atom stereocenters. The molecule has 0 aromatic heterocycles. The van der Waals surface area contributed by atoms with E-state index >= 15 is 0 Å². The van der Waals surface area contributed by atoms with Gasteiger partial charge in [-0.3, -0.25) is 4.79 Å². The van der Waals surface area contributed by atoms with Gasteiger partial charge < -0.3 is 20.1 Å². The topological polar surface area (TPSA) is 59.6 Å². The monoisotopic (exact) mass is 394 g/mol. The maximum Gasteiger partial charge on any atom is 0.224 e. The van der Waals surface area contributed by atoms with Gasteiger partial charge in [0.15, 0.2) is 0 Å². The van der Waals surface area contributed by atoms with E-state index in [0.29, 0.717) is 24.9 Å². The van der Waals surface area contributed by atoms with Crippen LogP contribution >= 0.6 is 0 Å². The SMILES string of the molecule is COc1ccccc1[C@@H]1C[C@H]1CNCCCCOc1ccc2c(c1)NC(=O)CC2. The lowest BCUT2D eigenvalue weighted by Gasteiger charge is -2.17. The molecule has 1 aliphatic heterocycles. The maximum atomic E-state index is 11.5. The first-order chi connectivity index (χ1) is 14.2.